The molecule has 6 heteroatoms. The number of Topliss-reactive ketones (excluding diaryl/α,β-unsaturated/α-hetero) is 1. The van der Waals surface area contributed by atoms with Gasteiger partial charge in [0.05, 0.1) is 41.1 Å². The minimum atomic E-state index is -0.0513. The van der Waals surface area contributed by atoms with E-state index in [-0.39, 0.29) is 12.2 Å². The summed E-state index contributed by atoms with van der Waals surface area (Å²) in [5.74, 6) is 2.72. The molecule has 0 bridgehead atoms. The van der Waals surface area contributed by atoms with E-state index in [2.05, 4.69) is 0 Å². The van der Waals surface area contributed by atoms with Crippen LogP contribution in [0.25, 0.3) is 0 Å². The van der Waals surface area contributed by atoms with Crippen LogP contribution < -0.4 is 23.7 Å². The van der Waals surface area contributed by atoms with Crippen molar-refractivity contribution in [3.05, 3.63) is 41.5 Å². The molecule has 26 heavy (non-hydrogen) atoms. The van der Waals surface area contributed by atoms with Crippen LogP contribution in [0.3, 0.4) is 0 Å². The van der Waals surface area contributed by atoms with Crippen LogP contribution in [0.5, 0.6) is 28.7 Å². The minimum absolute atomic E-state index is 0.0513. The van der Waals surface area contributed by atoms with Gasteiger partial charge in [0.15, 0.2) is 28.8 Å². The Bertz CT molecular complexity index is 769. The molecule has 2 rings (SSSR count). The molecule has 6 nitrogen and oxygen atoms in total. The number of aryl methyl sites for hydroxylation is 1. The van der Waals surface area contributed by atoms with E-state index in [0.29, 0.717) is 40.7 Å². The third-order valence-corrected chi connectivity index (χ3v) is 4.09. The highest BCUT2D eigenvalue weighted by Crippen LogP contribution is 2.37. The van der Waals surface area contributed by atoms with Crippen LogP contribution in [0.1, 0.15) is 22.3 Å². The third kappa shape index (κ3) is 4.02. The van der Waals surface area contributed by atoms with Crippen LogP contribution in [0.2, 0.25) is 0 Å². The lowest BCUT2D eigenvalue weighted by Gasteiger charge is -2.15. The topological polar surface area (TPSA) is 63.2 Å². The maximum absolute atomic E-state index is 12.7. The lowest BCUT2D eigenvalue weighted by Crippen LogP contribution is -2.06. The summed E-state index contributed by atoms with van der Waals surface area (Å²) in [6.45, 7) is 0. The Hall–Kier alpha value is -2.89. The Morgan fingerprint density at radius 3 is 2.08 bits per heavy atom. The minimum Gasteiger partial charge on any atom is -0.497 e. The molecule has 0 aliphatic heterocycles. The molecule has 0 heterocycles. The number of carbonyl (C=O) groups is 1. The monoisotopic (exact) mass is 360 g/mol. The summed E-state index contributed by atoms with van der Waals surface area (Å²) >= 11 is 0. The second-order valence-electron chi connectivity index (χ2n) is 5.49. The molecule has 0 aromatic heterocycles. The van der Waals surface area contributed by atoms with Gasteiger partial charge < -0.3 is 23.7 Å². The Balaban J connectivity index is 2.28. The first-order chi connectivity index (χ1) is 12.6. The molecule has 0 saturated heterocycles. The summed E-state index contributed by atoms with van der Waals surface area (Å²) in [6.07, 6.45) is 0.742. The quantitative estimate of drug-likeness (QED) is 0.637. The van der Waals surface area contributed by atoms with Gasteiger partial charge in [0.1, 0.15) is 5.75 Å². The Labute approximate surface area is 153 Å². The lowest BCUT2D eigenvalue weighted by atomic mass is 10.0. The second-order valence-corrected chi connectivity index (χ2v) is 5.49. The molecule has 0 aliphatic carbocycles. The van der Waals surface area contributed by atoms with E-state index >= 15 is 0 Å². The summed E-state index contributed by atoms with van der Waals surface area (Å²) in [5, 5.41) is 0. The largest absolute Gasteiger partial charge is 0.497 e. The van der Waals surface area contributed by atoms with Gasteiger partial charge >= 0.3 is 0 Å². The van der Waals surface area contributed by atoms with Crippen LogP contribution in [0.15, 0.2) is 30.3 Å². The highest BCUT2D eigenvalue weighted by Gasteiger charge is 2.18. The fourth-order valence-electron chi connectivity index (χ4n) is 2.81. The summed E-state index contributed by atoms with van der Waals surface area (Å²) in [6, 6.07) is 8.84. The summed E-state index contributed by atoms with van der Waals surface area (Å²) in [7, 11) is 7.77. The zero-order valence-electron chi connectivity index (χ0n) is 15.8. The van der Waals surface area contributed by atoms with Crippen molar-refractivity contribution in [1.29, 1.82) is 0 Å². The summed E-state index contributed by atoms with van der Waals surface area (Å²) in [4.78, 5) is 12.7. The average Bonchev–Trinajstić information content (AvgIpc) is 2.70. The number of para-hydroxylation sites is 1. The number of carbonyl (C=O) groups excluding carboxylic acids is 1. The van der Waals surface area contributed by atoms with Crippen molar-refractivity contribution in [3.8, 4) is 28.7 Å². The van der Waals surface area contributed by atoms with Crippen LogP contribution in [-0.4, -0.2) is 41.3 Å². The highest BCUT2D eigenvalue weighted by molar-refractivity contribution is 5.99. The van der Waals surface area contributed by atoms with Gasteiger partial charge in [-0.3, -0.25) is 4.79 Å². The third-order valence-electron chi connectivity index (χ3n) is 4.09. The van der Waals surface area contributed by atoms with Gasteiger partial charge in [-0.1, -0.05) is 6.07 Å². The average molecular weight is 360 g/mol. The number of hydrogen-bond acceptors (Lipinski definition) is 6. The SMILES string of the molecule is COc1cc(CCC(=O)c2cccc(OC)c2OC)c(OC)c(OC)c1. The molecule has 0 saturated carbocycles. The molecule has 0 aliphatic rings. The maximum Gasteiger partial charge on any atom is 0.171 e. The van der Waals surface area contributed by atoms with Crippen molar-refractivity contribution >= 4 is 5.78 Å². The van der Waals surface area contributed by atoms with Gasteiger partial charge in [0, 0.05) is 18.1 Å². The van der Waals surface area contributed by atoms with E-state index in [1.54, 1.807) is 52.7 Å². The molecule has 2 aromatic carbocycles. The van der Waals surface area contributed by atoms with Crippen LogP contribution >= 0.6 is 0 Å². The maximum atomic E-state index is 12.7. The highest BCUT2D eigenvalue weighted by atomic mass is 16.5. The van der Waals surface area contributed by atoms with Gasteiger partial charge in [0.2, 0.25) is 0 Å². The predicted molar refractivity (Wildman–Crippen MR) is 98.3 cm³/mol. The Kier molecular flexibility index (Phi) is 6.72. The summed E-state index contributed by atoms with van der Waals surface area (Å²) < 4.78 is 26.7. The number of methoxy groups -OCH3 is 5. The fourth-order valence-corrected chi connectivity index (χ4v) is 2.81. The van der Waals surface area contributed by atoms with Gasteiger partial charge in [-0.25, -0.2) is 0 Å². The van der Waals surface area contributed by atoms with Crippen molar-refractivity contribution in [2.45, 2.75) is 12.8 Å². The van der Waals surface area contributed by atoms with Crippen molar-refractivity contribution in [3.63, 3.8) is 0 Å². The first-order valence-electron chi connectivity index (χ1n) is 8.12. The molecule has 0 amide bonds. The van der Waals surface area contributed by atoms with E-state index in [9.17, 15) is 4.79 Å². The molecule has 0 fully saturated rings. The van der Waals surface area contributed by atoms with Gasteiger partial charge in [0.25, 0.3) is 0 Å². The first-order valence-corrected chi connectivity index (χ1v) is 8.12. The van der Waals surface area contributed by atoms with Crippen LogP contribution in [0, 0.1) is 0 Å². The van der Waals surface area contributed by atoms with Crippen LogP contribution in [0.4, 0.5) is 0 Å². The van der Waals surface area contributed by atoms with E-state index in [0.717, 1.165) is 5.56 Å². The summed E-state index contributed by atoms with van der Waals surface area (Å²) in [5.41, 5.74) is 1.32. The van der Waals surface area contributed by atoms with Crippen molar-refractivity contribution in [2.75, 3.05) is 35.5 Å². The molecule has 0 atom stereocenters. The molecule has 0 spiro atoms. The molecular weight excluding hydrogens is 336 g/mol. The van der Waals surface area contributed by atoms with E-state index < -0.39 is 0 Å². The zero-order valence-corrected chi connectivity index (χ0v) is 15.8. The molecule has 0 radical (unpaired) electrons. The van der Waals surface area contributed by atoms with Gasteiger partial charge in [-0.2, -0.15) is 0 Å². The molecule has 0 N–H and O–H groups in total. The fraction of sp³-hybridized carbons (Fsp3) is 0.350. The predicted octanol–water partition coefficient (Wildman–Crippen LogP) is 3.55. The van der Waals surface area contributed by atoms with Crippen LogP contribution in [-0.2, 0) is 6.42 Å². The Morgan fingerprint density at radius 1 is 0.808 bits per heavy atom. The van der Waals surface area contributed by atoms with E-state index in [1.165, 1.54) is 7.11 Å². The van der Waals surface area contributed by atoms with Crippen molar-refractivity contribution < 1.29 is 28.5 Å². The molecule has 0 unspecified atom stereocenters. The van der Waals surface area contributed by atoms with Crippen molar-refractivity contribution in [2.24, 2.45) is 0 Å². The van der Waals surface area contributed by atoms with Gasteiger partial charge in [-0.05, 0) is 24.6 Å². The number of benzene rings is 2. The van der Waals surface area contributed by atoms with E-state index in [4.69, 9.17) is 23.7 Å². The standard InChI is InChI=1S/C20H24O6/c1-22-14-11-13(19(25-4)18(12-14)24-3)9-10-16(21)15-7-6-8-17(23-2)20(15)26-5/h6-8,11-12H,9-10H2,1-5H3. The zero-order chi connectivity index (χ0) is 19.1. The second kappa shape index (κ2) is 8.99. The van der Waals surface area contributed by atoms with Crippen molar-refractivity contribution in [1.82, 2.24) is 0 Å². The Morgan fingerprint density at radius 2 is 1.50 bits per heavy atom. The smallest absolute Gasteiger partial charge is 0.171 e. The normalized spacial score (nSPS) is 10.2. The molecular formula is C20H24O6. The number of hydrogen-bond donors (Lipinski definition) is 0. The number of ether oxygens (including phenoxy) is 5. The first kappa shape index (κ1) is 19.4. The van der Waals surface area contributed by atoms with Gasteiger partial charge in [-0.15, -0.1) is 0 Å². The molecule has 140 valence electrons. The molecule has 2 aromatic rings. The van der Waals surface area contributed by atoms with E-state index in [1.807, 2.05) is 6.07 Å². The number of rotatable bonds is 9. The number of ketones is 1. The lowest BCUT2D eigenvalue weighted by molar-refractivity contribution is 0.0979.